The third kappa shape index (κ3) is 6.56. The highest BCUT2D eigenvalue weighted by molar-refractivity contribution is 7.99. The molecule has 0 amide bonds. The van der Waals surface area contributed by atoms with Crippen molar-refractivity contribution >= 4 is 35.6 Å². The molecule has 0 saturated heterocycles. The number of aromatic carboxylic acids is 3. The Morgan fingerprint density at radius 1 is 0.730 bits per heavy atom. The molecule has 0 unspecified atom stereocenters. The van der Waals surface area contributed by atoms with Crippen LogP contribution in [-0.2, 0) is 16.8 Å². The van der Waals surface area contributed by atoms with Crippen LogP contribution in [0.5, 0.6) is 0 Å². The van der Waals surface area contributed by atoms with E-state index < -0.39 is 23.9 Å². The molecule has 8 nitrogen and oxygen atoms in total. The molecular formula is C28H26O8S. The Morgan fingerprint density at radius 3 is 1.73 bits per heavy atom. The summed E-state index contributed by atoms with van der Waals surface area (Å²) in [5, 5.41) is 28.2. The van der Waals surface area contributed by atoms with Crippen molar-refractivity contribution in [1.82, 2.24) is 0 Å². The highest BCUT2D eigenvalue weighted by atomic mass is 32.2. The van der Waals surface area contributed by atoms with Crippen LogP contribution in [0.3, 0.4) is 0 Å². The Bertz CT molecular complexity index is 1400. The predicted octanol–water partition coefficient (Wildman–Crippen LogP) is 5.90. The summed E-state index contributed by atoms with van der Waals surface area (Å²) in [6.45, 7) is 8.30. The van der Waals surface area contributed by atoms with E-state index in [1.807, 2.05) is 25.1 Å². The van der Waals surface area contributed by atoms with Crippen molar-refractivity contribution in [2.75, 3.05) is 0 Å². The standard InChI is InChI=1S/C28H26O8S/c1-15-11-16(5-10-23(15)28(2,3)4)14-36-27(35)20-9-7-18(13-22(20)26(33)34)37-17-6-8-19(24(29)30)21(12-17)25(31)32/h5-13H,14H2,1-4H3,(H,29,30)(H,31,32)(H,33,34). The number of esters is 1. The monoisotopic (exact) mass is 522 g/mol. The van der Waals surface area contributed by atoms with Gasteiger partial charge in [0.1, 0.15) is 6.61 Å². The lowest BCUT2D eigenvalue weighted by molar-refractivity contribution is 0.0463. The summed E-state index contributed by atoms with van der Waals surface area (Å²) in [5.41, 5.74) is 1.87. The molecule has 37 heavy (non-hydrogen) atoms. The molecule has 9 heteroatoms. The molecular weight excluding hydrogens is 496 g/mol. The van der Waals surface area contributed by atoms with E-state index in [0.717, 1.165) is 22.9 Å². The number of ether oxygens (including phenoxy) is 1. The molecule has 0 aliphatic rings. The third-order valence-corrected chi connectivity index (χ3v) is 6.58. The van der Waals surface area contributed by atoms with Crippen LogP contribution < -0.4 is 0 Å². The number of carboxylic acids is 3. The maximum atomic E-state index is 12.7. The number of carboxylic acid groups (broad SMARTS) is 3. The molecule has 3 rings (SSSR count). The van der Waals surface area contributed by atoms with Crippen LogP contribution in [0, 0.1) is 6.92 Å². The molecule has 0 bridgehead atoms. The van der Waals surface area contributed by atoms with E-state index in [4.69, 9.17) is 4.74 Å². The summed E-state index contributed by atoms with van der Waals surface area (Å²) < 4.78 is 5.39. The first-order valence-electron chi connectivity index (χ1n) is 11.2. The first kappa shape index (κ1) is 27.5. The van der Waals surface area contributed by atoms with Crippen LogP contribution >= 0.6 is 11.8 Å². The van der Waals surface area contributed by atoms with Crippen LogP contribution in [0.25, 0.3) is 0 Å². The van der Waals surface area contributed by atoms with Crippen molar-refractivity contribution in [3.8, 4) is 0 Å². The van der Waals surface area contributed by atoms with E-state index >= 15 is 0 Å². The van der Waals surface area contributed by atoms with Gasteiger partial charge in [-0.1, -0.05) is 50.7 Å². The summed E-state index contributed by atoms with van der Waals surface area (Å²) in [6, 6.07) is 13.7. The fourth-order valence-corrected chi connectivity index (χ4v) is 4.81. The lowest BCUT2D eigenvalue weighted by Crippen LogP contribution is -2.14. The zero-order valence-corrected chi connectivity index (χ0v) is 21.5. The first-order valence-corrected chi connectivity index (χ1v) is 12.0. The molecule has 0 spiro atoms. The van der Waals surface area contributed by atoms with Crippen LogP contribution in [0.15, 0.2) is 64.4 Å². The maximum absolute atomic E-state index is 12.7. The van der Waals surface area contributed by atoms with Gasteiger partial charge < -0.3 is 20.1 Å². The topological polar surface area (TPSA) is 138 Å². The summed E-state index contributed by atoms with van der Waals surface area (Å²) >= 11 is 1.03. The van der Waals surface area contributed by atoms with Gasteiger partial charge >= 0.3 is 23.9 Å². The van der Waals surface area contributed by atoms with Gasteiger partial charge in [-0.15, -0.1) is 0 Å². The Labute approximate surface area is 217 Å². The zero-order valence-electron chi connectivity index (χ0n) is 20.7. The SMILES string of the molecule is Cc1cc(COC(=O)c2ccc(Sc3ccc(C(=O)O)c(C(=O)O)c3)cc2C(=O)O)ccc1C(C)(C)C. The smallest absolute Gasteiger partial charge is 0.339 e. The summed E-state index contributed by atoms with van der Waals surface area (Å²) in [6.07, 6.45) is 0. The Kier molecular flexibility index (Phi) is 8.08. The molecule has 0 fully saturated rings. The summed E-state index contributed by atoms with van der Waals surface area (Å²) in [7, 11) is 0. The number of carbonyl (C=O) groups excluding carboxylic acids is 1. The second kappa shape index (κ2) is 10.9. The molecule has 0 aromatic heterocycles. The van der Waals surface area contributed by atoms with Gasteiger partial charge in [0.25, 0.3) is 0 Å². The van der Waals surface area contributed by atoms with Crippen molar-refractivity contribution in [2.24, 2.45) is 0 Å². The normalized spacial score (nSPS) is 11.1. The third-order valence-electron chi connectivity index (χ3n) is 5.60. The van der Waals surface area contributed by atoms with Crippen molar-refractivity contribution < 1.29 is 39.2 Å². The second-order valence-electron chi connectivity index (χ2n) is 9.41. The quantitative estimate of drug-likeness (QED) is 0.309. The predicted molar refractivity (Wildman–Crippen MR) is 137 cm³/mol. The van der Waals surface area contributed by atoms with Crippen LogP contribution in [-0.4, -0.2) is 39.2 Å². The average molecular weight is 523 g/mol. The summed E-state index contributed by atoms with van der Waals surface area (Å²) in [4.78, 5) is 48.1. The van der Waals surface area contributed by atoms with E-state index in [-0.39, 0.29) is 34.3 Å². The van der Waals surface area contributed by atoms with Gasteiger partial charge in [-0.25, -0.2) is 19.2 Å². The van der Waals surface area contributed by atoms with Crippen LogP contribution in [0.2, 0.25) is 0 Å². The van der Waals surface area contributed by atoms with Gasteiger partial charge in [0.15, 0.2) is 0 Å². The summed E-state index contributed by atoms with van der Waals surface area (Å²) in [5.74, 6) is -4.88. The number of hydrogen-bond acceptors (Lipinski definition) is 6. The fraction of sp³-hybridized carbons (Fsp3) is 0.214. The number of hydrogen-bond donors (Lipinski definition) is 3. The Balaban J connectivity index is 1.80. The van der Waals surface area contributed by atoms with Crippen molar-refractivity contribution in [3.05, 3.63) is 93.5 Å². The molecule has 0 heterocycles. The van der Waals surface area contributed by atoms with E-state index in [2.05, 4.69) is 20.8 Å². The van der Waals surface area contributed by atoms with E-state index in [0.29, 0.717) is 9.79 Å². The molecule has 0 aliphatic carbocycles. The molecule has 0 saturated carbocycles. The van der Waals surface area contributed by atoms with Crippen LogP contribution in [0.4, 0.5) is 0 Å². The molecule has 0 radical (unpaired) electrons. The molecule has 3 aromatic carbocycles. The van der Waals surface area contributed by atoms with E-state index in [1.54, 1.807) is 0 Å². The van der Waals surface area contributed by atoms with E-state index in [1.165, 1.54) is 42.0 Å². The molecule has 192 valence electrons. The number of benzene rings is 3. The van der Waals surface area contributed by atoms with Gasteiger partial charge in [-0.3, -0.25) is 0 Å². The Hall–Kier alpha value is -4.11. The number of rotatable bonds is 8. The maximum Gasteiger partial charge on any atom is 0.339 e. The Morgan fingerprint density at radius 2 is 1.24 bits per heavy atom. The molecule has 3 N–H and O–H groups in total. The van der Waals surface area contributed by atoms with Gasteiger partial charge in [0.05, 0.1) is 22.3 Å². The number of aryl methyl sites for hydroxylation is 1. The van der Waals surface area contributed by atoms with Crippen molar-refractivity contribution in [2.45, 2.75) is 49.5 Å². The highest BCUT2D eigenvalue weighted by Crippen LogP contribution is 2.31. The van der Waals surface area contributed by atoms with Crippen molar-refractivity contribution in [3.63, 3.8) is 0 Å². The minimum atomic E-state index is -1.40. The highest BCUT2D eigenvalue weighted by Gasteiger charge is 2.21. The molecule has 0 aliphatic heterocycles. The molecule has 0 atom stereocenters. The van der Waals surface area contributed by atoms with Crippen LogP contribution in [0.1, 0.15) is 78.9 Å². The lowest BCUT2D eigenvalue weighted by atomic mass is 9.83. The fourth-order valence-electron chi connectivity index (χ4n) is 3.91. The minimum absolute atomic E-state index is 0.0203. The van der Waals surface area contributed by atoms with Gasteiger partial charge in [0.2, 0.25) is 0 Å². The number of carbonyl (C=O) groups is 4. The molecule has 3 aromatic rings. The van der Waals surface area contributed by atoms with Crippen molar-refractivity contribution in [1.29, 1.82) is 0 Å². The largest absolute Gasteiger partial charge is 0.478 e. The minimum Gasteiger partial charge on any atom is -0.478 e. The average Bonchev–Trinajstić information content (AvgIpc) is 2.81. The zero-order chi connectivity index (χ0) is 27.5. The van der Waals surface area contributed by atoms with Gasteiger partial charge in [-0.2, -0.15) is 0 Å². The first-order chi connectivity index (χ1) is 17.3. The van der Waals surface area contributed by atoms with E-state index in [9.17, 15) is 34.5 Å². The second-order valence-corrected chi connectivity index (χ2v) is 10.6. The van der Waals surface area contributed by atoms with Gasteiger partial charge in [-0.05, 0) is 65.4 Å². The van der Waals surface area contributed by atoms with Gasteiger partial charge in [0, 0.05) is 9.79 Å². The lowest BCUT2D eigenvalue weighted by Gasteiger charge is -2.22.